The molecule has 3 N–H and O–H groups in total. The number of para-hydroxylation sites is 1. The molecule has 1 fully saturated rings. The van der Waals surface area contributed by atoms with Crippen molar-refractivity contribution in [1.29, 1.82) is 0 Å². The normalized spacial score (nSPS) is 17.3. The molecule has 1 aromatic rings. The Morgan fingerprint density at radius 3 is 2.68 bits per heavy atom. The van der Waals surface area contributed by atoms with E-state index in [-0.39, 0.29) is 5.91 Å². The van der Waals surface area contributed by atoms with Crippen molar-refractivity contribution >= 4 is 11.6 Å². The number of nitrogens with zero attached hydrogens (tertiary/aromatic N) is 1. The quantitative estimate of drug-likeness (QED) is 0.812. The fourth-order valence-corrected chi connectivity index (χ4v) is 2.54. The molecule has 4 nitrogen and oxygen atoms in total. The summed E-state index contributed by atoms with van der Waals surface area (Å²) in [6.45, 7) is 6.36. The summed E-state index contributed by atoms with van der Waals surface area (Å²) < 4.78 is 0. The van der Waals surface area contributed by atoms with Gasteiger partial charge in [0.05, 0.1) is 5.56 Å². The number of hydrogen-bond acceptors (Lipinski definition) is 3. The summed E-state index contributed by atoms with van der Waals surface area (Å²) in [7, 11) is 0. The Morgan fingerprint density at radius 2 is 2.05 bits per heavy atom. The zero-order valence-corrected chi connectivity index (χ0v) is 11.6. The van der Waals surface area contributed by atoms with E-state index in [1.54, 1.807) is 12.1 Å². The van der Waals surface area contributed by atoms with Gasteiger partial charge in [0.25, 0.3) is 5.91 Å². The molecule has 0 radical (unpaired) electrons. The number of nitrogen functional groups attached to an aromatic ring is 1. The molecule has 0 unspecified atom stereocenters. The molecule has 0 bridgehead atoms. The monoisotopic (exact) mass is 261 g/mol. The smallest absolute Gasteiger partial charge is 0.253 e. The summed E-state index contributed by atoms with van der Waals surface area (Å²) >= 11 is 0. The largest absolute Gasteiger partial charge is 0.398 e. The second-order valence-electron chi connectivity index (χ2n) is 5.17. The van der Waals surface area contributed by atoms with E-state index in [1.807, 2.05) is 12.1 Å². The standard InChI is InChI=1S/C15H23N3O/c1-2-18-9-7-12(8-10-18)11-17-15(19)13-5-3-4-6-14(13)16/h3-6,12H,2,7-11,16H2,1H3,(H,17,19). The first-order chi connectivity index (χ1) is 9.20. The molecule has 0 aromatic heterocycles. The van der Waals surface area contributed by atoms with E-state index < -0.39 is 0 Å². The third-order valence-electron chi connectivity index (χ3n) is 3.91. The van der Waals surface area contributed by atoms with Crippen LogP contribution in [0.3, 0.4) is 0 Å². The van der Waals surface area contributed by atoms with Crippen LogP contribution in [0.4, 0.5) is 5.69 Å². The minimum absolute atomic E-state index is 0.0592. The predicted octanol–water partition coefficient (Wildman–Crippen LogP) is 1.73. The zero-order chi connectivity index (χ0) is 13.7. The van der Waals surface area contributed by atoms with Gasteiger partial charge in [0.2, 0.25) is 0 Å². The van der Waals surface area contributed by atoms with Gasteiger partial charge in [0.1, 0.15) is 0 Å². The Labute approximate surface area is 115 Å². The number of hydrogen-bond donors (Lipinski definition) is 2. The summed E-state index contributed by atoms with van der Waals surface area (Å²) in [5, 5.41) is 3.00. The van der Waals surface area contributed by atoms with Crippen LogP contribution in [0, 0.1) is 5.92 Å². The zero-order valence-electron chi connectivity index (χ0n) is 11.6. The Kier molecular flexibility index (Phi) is 4.80. The van der Waals surface area contributed by atoms with Crippen molar-refractivity contribution in [1.82, 2.24) is 10.2 Å². The summed E-state index contributed by atoms with van der Waals surface area (Å²) in [6, 6.07) is 7.20. The van der Waals surface area contributed by atoms with Crippen LogP contribution in [0.25, 0.3) is 0 Å². The number of piperidine rings is 1. The van der Waals surface area contributed by atoms with Crippen molar-refractivity contribution in [2.75, 3.05) is 31.9 Å². The maximum absolute atomic E-state index is 12.0. The number of nitrogens with one attached hydrogen (secondary N) is 1. The predicted molar refractivity (Wildman–Crippen MR) is 78.0 cm³/mol. The first-order valence-corrected chi connectivity index (χ1v) is 7.05. The number of anilines is 1. The van der Waals surface area contributed by atoms with E-state index in [2.05, 4.69) is 17.1 Å². The Bertz CT molecular complexity index is 425. The highest BCUT2D eigenvalue weighted by atomic mass is 16.1. The number of amides is 1. The van der Waals surface area contributed by atoms with Gasteiger partial charge < -0.3 is 16.0 Å². The second kappa shape index (κ2) is 6.57. The number of carbonyl (C=O) groups excluding carboxylic acids is 1. The van der Waals surface area contributed by atoms with E-state index in [0.29, 0.717) is 17.2 Å². The minimum Gasteiger partial charge on any atom is -0.398 e. The van der Waals surface area contributed by atoms with E-state index in [9.17, 15) is 4.79 Å². The fraction of sp³-hybridized carbons (Fsp3) is 0.533. The molecule has 104 valence electrons. The molecule has 0 atom stereocenters. The Morgan fingerprint density at radius 1 is 1.37 bits per heavy atom. The number of rotatable bonds is 4. The number of likely N-dealkylation sites (tertiary alicyclic amines) is 1. The molecular weight excluding hydrogens is 238 g/mol. The number of benzene rings is 1. The third-order valence-corrected chi connectivity index (χ3v) is 3.91. The lowest BCUT2D eigenvalue weighted by Crippen LogP contribution is -2.38. The maximum atomic E-state index is 12.0. The van der Waals surface area contributed by atoms with Crippen LogP contribution in [-0.2, 0) is 0 Å². The van der Waals surface area contributed by atoms with Crippen molar-refractivity contribution in [3.8, 4) is 0 Å². The highest BCUT2D eigenvalue weighted by Crippen LogP contribution is 2.16. The van der Waals surface area contributed by atoms with Crippen molar-refractivity contribution in [3.63, 3.8) is 0 Å². The van der Waals surface area contributed by atoms with Gasteiger partial charge in [-0.15, -0.1) is 0 Å². The van der Waals surface area contributed by atoms with Crippen LogP contribution < -0.4 is 11.1 Å². The summed E-state index contributed by atoms with van der Waals surface area (Å²) in [4.78, 5) is 14.5. The highest BCUT2D eigenvalue weighted by Gasteiger charge is 2.19. The average Bonchev–Trinajstić information content (AvgIpc) is 2.46. The first kappa shape index (κ1) is 13.9. The van der Waals surface area contributed by atoms with Gasteiger partial charge in [-0.05, 0) is 50.5 Å². The SMILES string of the molecule is CCN1CCC(CNC(=O)c2ccccc2N)CC1. The van der Waals surface area contributed by atoms with Crippen LogP contribution in [0.1, 0.15) is 30.1 Å². The number of carbonyl (C=O) groups is 1. The summed E-state index contributed by atoms with van der Waals surface area (Å²) in [5.41, 5.74) is 6.92. The van der Waals surface area contributed by atoms with Gasteiger partial charge in [-0.1, -0.05) is 19.1 Å². The molecular formula is C15H23N3O. The van der Waals surface area contributed by atoms with Crippen LogP contribution >= 0.6 is 0 Å². The molecule has 4 heteroatoms. The highest BCUT2D eigenvalue weighted by molar-refractivity contribution is 5.99. The van der Waals surface area contributed by atoms with Crippen LogP contribution in [-0.4, -0.2) is 37.0 Å². The first-order valence-electron chi connectivity index (χ1n) is 7.05. The molecule has 1 aliphatic heterocycles. The molecule has 1 heterocycles. The van der Waals surface area contributed by atoms with Crippen LogP contribution in [0.15, 0.2) is 24.3 Å². The molecule has 1 aliphatic rings. The third kappa shape index (κ3) is 3.70. The topological polar surface area (TPSA) is 58.4 Å². The number of nitrogens with two attached hydrogens (primary N) is 1. The molecule has 1 saturated heterocycles. The lowest BCUT2D eigenvalue weighted by atomic mass is 9.96. The fourth-order valence-electron chi connectivity index (χ4n) is 2.54. The van der Waals surface area contributed by atoms with E-state index in [4.69, 9.17) is 5.73 Å². The Balaban J connectivity index is 1.80. The van der Waals surface area contributed by atoms with Crippen molar-refractivity contribution in [2.24, 2.45) is 5.92 Å². The van der Waals surface area contributed by atoms with Crippen molar-refractivity contribution < 1.29 is 4.79 Å². The molecule has 0 aliphatic carbocycles. The average molecular weight is 261 g/mol. The van der Waals surface area contributed by atoms with Gasteiger partial charge >= 0.3 is 0 Å². The van der Waals surface area contributed by atoms with Gasteiger partial charge in [-0.25, -0.2) is 0 Å². The molecule has 2 rings (SSSR count). The van der Waals surface area contributed by atoms with Crippen molar-refractivity contribution in [2.45, 2.75) is 19.8 Å². The van der Waals surface area contributed by atoms with Crippen LogP contribution in [0.5, 0.6) is 0 Å². The summed E-state index contributed by atoms with van der Waals surface area (Å²) in [6.07, 6.45) is 2.33. The van der Waals surface area contributed by atoms with Gasteiger partial charge in [0, 0.05) is 12.2 Å². The second-order valence-corrected chi connectivity index (χ2v) is 5.17. The van der Waals surface area contributed by atoms with Gasteiger partial charge in [-0.2, -0.15) is 0 Å². The summed E-state index contributed by atoms with van der Waals surface area (Å²) in [5.74, 6) is 0.535. The lowest BCUT2D eigenvalue weighted by molar-refractivity contribution is 0.0938. The molecule has 1 amide bonds. The lowest BCUT2D eigenvalue weighted by Gasteiger charge is -2.31. The van der Waals surface area contributed by atoms with E-state index in [1.165, 1.54) is 12.8 Å². The molecule has 0 spiro atoms. The maximum Gasteiger partial charge on any atom is 0.253 e. The molecule has 1 aromatic carbocycles. The molecule has 0 saturated carbocycles. The van der Waals surface area contributed by atoms with E-state index in [0.717, 1.165) is 26.2 Å². The van der Waals surface area contributed by atoms with Crippen LogP contribution in [0.2, 0.25) is 0 Å². The van der Waals surface area contributed by atoms with Crippen molar-refractivity contribution in [3.05, 3.63) is 29.8 Å². The molecule has 19 heavy (non-hydrogen) atoms. The van der Waals surface area contributed by atoms with E-state index >= 15 is 0 Å². The Hall–Kier alpha value is -1.55. The van der Waals surface area contributed by atoms with Gasteiger partial charge in [0.15, 0.2) is 0 Å². The minimum atomic E-state index is -0.0592. The van der Waals surface area contributed by atoms with Gasteiger partial charge in [-0.3, -0.25) is 4.79 Å².